The van der Waals surface area contributed by atoms with Crippen LogP contribution in [-0.2, 0) is 4.84 Å². The highest BCUT2D eigenvalue weighted by Crippen LogP contribution is 2.57. The molecule has 3 aliphatic carbocycles. The second-order valence-electron chi connectivity index (χ2n) is 11.3. The van der Waals surface area contributed by atoms with Crippen molar-refractivity contribution in [2.45, 2.75) is 110 Å². The van der Waals surface area contributed by atoms with Crippen molar-refractivity contribution in [3.63, 3.8) is 0 Å². The van der Waals surface area contributed by atoms with Gasteiger partial charge in [0.05, 0.1) is 11.8 Å². The van der Waals surface area contributed by atoms with Crippen LogP contribution in [0.15, 0.2) is 64.9 Å². The minimum atomic E-state index is -0.205. The van der Waals surface area contributed by atoms with Gasteiger partial charge in [-0.3, -0.25) is 0 Å². The fourth-order valence-corrected chi connectivity index (χ4v) is 6.56. The Labute approximate surface area is 214 Å². The van der Waals surface area contributed by atoms with Crippen molar-refractivity contribution >= 4 is 5.71 Å². The quantitative estimate of drug-likeness (QED) is 0.132. The molecule has 35 heavy (non-hydrogen) atoms. The first kappa shape index (κ1) is 27.7. The smallest absolute Gasteiger partial charge is 0.135 e. The number of aliphatic hydroxyl groups excluding tert-OH is 1. The van der Waals surface area contributed by atoms with Gasteiger partial charge in [-0.05, 0) is 99.9 Å². The van der Waals surface area contributed by atoms with E-state index in [0.29, 0.717) is 18.4 Å². The van der Waals surface area contributed by atoms with Gasteiger partial charge in [-0.1, -0.05) is 86.5 Å². The van der Waals surface area contributed by atoms with Crippen LogP contribution in [0.1, 0.15) is 104 Å². The predicted molar refractivity (Wildman–Crippen MR) is 149 cm³/mol. The minimum absolute atomic E-state index is 0.205. The zero-order chi connectivity index (χ0) is 25.3. The number of unbranched alkanes of at least 4 members (excludes halogenated alkanes) is 1. The van der Waals surface area contributed by atoms with E-state index in [9.17, 15) is 5.11 Å². The average molecular weight is 480 g/mol. The Bertz CT molecular complexity index is 861. The summed E-state index contributed by atoms with van der Waals surface area (Å²) in [5.74, 6) is 1.24. The molecule has 0 amide bonds. The van der Waals surface area contributed by atoms with E-state index in [1.165, 1.54) is 68.2 Å². The summed E-state index contributed by atoms with van der Waals surface area (Å²) in [6.07, 6.45) is 23.1. The van der Waals surface area contributed by atoms with Gasteiger partial charge in [0.2, 0.25) is 0 Å². The molecule has 194 valence electrons. The monoisotopic (exact) mass is 479 g/mol. The first-order chi connectivity index (χ1) is 16.9. The van der Waals surface area contributed by atoms with Crippen molar-refractivity contribution in [2.75, 3.05) is 6.61 Å². The Hall–Kier alpha value is -1.87. The molecular formula is C32H49NO2. The molecule has 3 heteroatoms. The molecule has 0 aromatic rings. The zero-order valence-corrected chi connectivity index (χ0v) is 22.7. The van der Waals surface area contributed by atoms with Crippen molar-refractivity contribution in [1.82, 2.24) is 0 Å². The summed E-state index contributed by atoms with van der Waals surface area (Å²) in [7, 11) is 0. The summed E-state index contributed by atoms with van der Waals surface area (Å²) in [6.45, 7) is 15.6. The lowest BCUT2D eigenvalue weighted by atomic mass is 9.62. The van der Waals surface area contributed by atoms with E-state index < -0.39 is 0 Å². The molecule has 4 atom stereocenters. The molecule has 0 unspecified atom stereocenters. The van der Waals surface area contributed by atoms with E-state index in [4.69, 9.17) is 4.84 Å². The van der Waals surface area contributed by atoms with Crippen LogP contribution in [0.25, 0.3) is 0 Å². The number of hydrogen-bond donors (Lipinski definition) is 1. The molecule has 0 radical (unpaired) electrons. The number of aliphatic hydroxyl groups is 1. The number of oxime groups is 1. The molecule has 0 saturated heterocycles. The lowest BCUT2D eigenvalue weighted by molar-refractivity contribution is 0.158. The summed E-state index contributed by atoms with van der Waals surface area (Å²) in [5.41, 5.74) is 7.24. The molecule has 2 fully saturated rings. The van der Waals surface area contributed by atoms with E-state index in [1.54, 1.807) is 17.2 Å². The minimum Gasteiger partial charge on any atom is -0.393 e. The maximum atomic E-state index is 10.1. The number of hydrogen-bond acceptors (Lipinski definition) is 3. The molecule has 0 heterocycles. The number of allylic oxidation sites excluding steroid dienone is 6. The van der Waals surface area contributed by atoms with Crippen LogP contribution in [0.2, 0.25) is 0 Å². The van der Waals surface area contributed by atoms with E-state index in [2.05, 4.69) is 57.3 Å². The second kappa shape index (κ2) is 13.4. The van der Waals surface area contributed by atoms with Gasteiger partial charge in [0.25, 0.3) is 0 Å². The predicted octanol–water partition coefficient (Wildman–Crippen LogP) is 8.63. The van der Waals surface area contributed by atoms with Gasteiger partial charge in [0, 0.05) is 0 Å². The molecule has 0 aromatic heterocycles. The standard InChI is InChI=1S/C32H49NO2/c1-6-8-13-28(33-35-22-7-2)14-9-11-25(4)30-19-20-31-26(12-10-21-32(30,31)5)16-17-27-23-29(34)18-15-24(27)3/h7,16-17,19,25,29,31,34H,2-3,6,8-15,18,20-23H2,1,4-5H3/b26-16+,27-17-,33-28-/t25-,29+,31+,32-/m1/s1. The van der Waals surface area contributed by atoms with Gasteiger partial charge in [0.1, 0.15) is 6.61 Å². The third-order valence-electron chi connectivity index (χ3n) is 8.64. The highest BCUT2D eigenvalue weighted by molar-refractivity contribution is 5.83. The van der Waals surface area contributed by atoms with Crippen molar-refractivity contribution in [3.8, 4) is 0 Å². The van der Waals surface area contributed by atoms with E-state index in [0.717, 1.165) is 32.1 Å². The first-order valence-electron chi connectivity index (χ1n) is 14.1. The zero-order valence-electron chi connectivity index (χ0n) is 22.7. The Balaban J connectivity index is 1.61. The maximum Gasteiger partial charge on any atom is 0.135 e. The summed E-state index contributed by atoms with van der Waals surface area (Å²) in [4.78, 5) is 5.41. The van der Waals surface area contributed by atoms with Crippen molar-refractivity contribution in [2.24, 2.45) is 22.4 Å². The number of nitrogens with zero attached hydrogens (tertiary/aromatic N) is 1. The van der Waals surface area contributed by atoms with Gasteiger partial charge in [0.15, 0.2) is 0 Å². The molecule has 0 aromatic carbocycles. The van der Waals surface area contributed by atoms with Crippen LogP contribution < -0.4 is 0 Å². The molecule has 0 aliphatic heterocycles. The molecule has 0 spiro atoms. The van der Waals surface area contributed by atoms with Crippen molar-refractivity contribution in [3.05, 3.63) is 59.8 Å². The molecule has 3 nitrogen and oxygen atoms in total. The maximum absolute atomic E-state index is 10.1. The molecule has 3 aliphatic rings. The summed E-state index contributed by atoms with van der Waals surface area (Å²) in [5, 5.41) is 14.5. The fraction of sp³-hybridized carbons (Fsp3) is 0.656. The first-order valence-corrected chi connectivity index (χ1v) is 14.1. The normalized spacial score (nSPS) is 30.3. The summed E-state index contributed by atoms with van der Waals surface area (Å²) in [6, 6.07) is 0. The Morgan fingerprint density at radius 1 is 1.29 bits per heavy atom. The van der Waals surface area contributed by atoms with Gasteiger partial charge in [-0.25, -0.2) is 0 Å². The molecule has 1 N–H and O–H groups in total. The van der Waals surface area contributed by atoms with E-state index >= 15 is 0 Å². The SMILES string of the molecule is C=CCO/N=C(/CCCC)CCC[C@@H](C)C1=CC[C@H]2/C(=C/C=C3/C[C@@H](O)CCC3=C)CCC[C@]12C. The lowest BCUT2D eigenvalue weighted by Gasteiger charge is -2.42. The largest absolute Gasteiger partial charge is 0.393 e. The average Bonchev–Trinajstić information content (AvgIpc) is 3.20. The van der Waals surface area contributed by atoms with Gasteiger partial charge in [-0.2, -0.15) is 0 Å². The van der Waals surface area contributed by atoms with Crippen LogP contribution >= 0.6 is 0 Å². The van der Waals surface area contributed by atoms with E-state index in [-0.39, 0.29) is 11.5 Å². The molecular weight excluding hydrogens is 430 g/mol. The lowest BCUT2D eigenvalue weighted by Crippen LogP contribution is -2.32. The van der Waals surface area contributed by atoms with Crippen LogP contribution in [0.4, 0.5) is 0 Å². The highest BCUT2D eigenvalue weighted by Gasteiger charge is 2.45. The summed E-state index contributed by atoms with van der Waals surface area (Å²) < 4.78 is 0. The highest BCUT2D eigenvalue weighted by atomic mass is 16.6. The van der Waals surface area contributed by atoms with Gasteiger partial charge < -0.3 is 9.94 Å². The Morgan fingerprint density at radius 3 is 2.86 bits per heavy atom. The Morgan fingerprint density at radius 2 is 2.09 bits per heavy atom. The van der Waals surface area contributed by atoms with Gasteiger partial charge >= 0.3 is 0 Å². The third-order valence-corrected chi connectivity index (χ3v) is 8.64. The van der Waals surface area contributed by atoms with Crippen LogP contribution in [0, 0.1) is 17.3 Å². The topological polar surface area (TPSA) is 41.8 Å². The van der Waals surface area contributed by atoms with Crippen LogP contribution in [0.3, 0.4) is 0 Å². The Kier molecular flexibility index (Phi) is 10.6. The number of fused-ring (bicyclic) bond motifs is 1. The van der Waals surface area contributed by atoms with E-state index in [1.807, 2.05) is 0 Å². The van der Waals surface area contributed by atoms with Crippen LogP contribution in [0.5, 0.6) is 0 Å². The van der Waals surface area contributed by atoms with Crippen molar-refractivity contribution < 1.29 is 9.94 Å². The van der Waals surface area contributed by atoms with Crippen molar-refractivity contribution in [1.29, 1.82) is 0 Å². The van der Waals surface area contributed by atoms with Gasteiger partial charge in [-0.15, -0.1) is 0 Å². The summed E-state index contributed by atoms with van der Waals surface area (Å²) >= 11 is 0. The molecule has 3 rings (SSSR count). The third kappa shape index (κ3) is 7.32. The second-order valence-corrected chi connectivity index (χ2v) is 11.3. The molecule has 2 saturated carbocycles. The number of rotatable bonds is 12. The molecule has 0 bridgehead atoms. The fourth-order valence-electron chi connectivity index (χ4n) is 6.56. The van der Waals surface area contributed by atoms with Crippen LogP contribution in [-0.4, -0.2) is 23.5 Å².